The van der Waals surface area contributed by atoms with Gasteiger partial charge in [0.25, 0.3) is 0 Å². The summed E-state index contributed by atoms with van der Waals surface area (Å²) in [6.45, 7) is 6.94. The highest BCUT2D eigenvalue weighted by atomic mass is 32.2. The van der Waals surface area contributed by atoms with Crippen molar-refractivity contribution in [3.05, 3.63) is 23.8 Å². The molecule has 318 valence electrons. The molecule has 0 nitrogen and oxygen atoms in total. The Kier molecular flexibility index (Phi) is 42.4. The van der Waals surface area contributed by atoms with E-state index >= 15 is 0 Å². The highest BCUT2D eigenvalue weighted by molar-refractivity contribution is 8.00. The largest absolute Gasteiger partial charge is 0.126 e. The molecule has 0 saturated carbocycles. The third-order valence-corrected chi connectivity index (χ3v) is 14.0. The monoisotopic (exact) mass is 787 g/mol. The van der Waals surface area contributed by atoms with E-state index in [0.717, 1.165) is 6.42 Å². The summed E-state index contributed by atoms with van der Waals surface area (Å²) in [6, 6.07) is 7.41. The summed E-state index contributed by atoms with van der Waals surface area (Å²) < 4.78 is 0. The third kappa shape index (κ3) is 37.5. The number of benzene rings is 1. The maximum Gasteiger partial charge on any atom is 0.00858 e. The van der Waals surface area contributed by atoms with Crippen LogP contribution in [-0.4, -0.2) is 11.5 Å². The lowest BCUT2D eigenvalue weighted by molar-refractivity contribution is 0.523. The maximum atomic E-state index is 2.49. The average molecular weight is 787 g/mol. The fourth-order valence-corrected chi connectivity index (χ4v) is 10.2. The first-order valence-electron chi connectivity index (χ1n) is 25.2. The quantitative estimate of drug-likeness (QED) is 0.0477. The van der Waals surface area contributed by atoms with Gasteiger partial charge in [0, 0.05) is 9.79 Å². The van der Waals surface area contributed by atoms with Crippen molar-refractivity contribution < 1.29 is 0 Å². The van der Waals surface area contributed by atoms with E-state index in [0.29, 0.717) is 0 Å². The van der Waals surface area contributed by atoms with E-state index < -0.39 is 0 Å². The van der Waals surface area contributed by atoms with E-state index in [4.69, 9.17) is 0 Å². The molecule has 1 rings (SSSR count). The second kappa shape index (κ2) is 44.0. The molecular formula is C52H98S2. The highest BCUT2D eigenvalue weighted by Gasteiger charge is 2.04. The van der Waals surface area contributed by atoms with Crippen LogP contribution >= 0.6 is 23.5 Å². The Hall–Kier alpha value is -0.0800. The Labute approximate surface area is 350 Å². The van der Waals surface area contributed by atoms with Crippen LogP contribution in [0.4, 0.5) is 0 Å². The van der Waals surface area contributed by atoms with E-state index in [9.17, 15) is 0 Å². The first kappa shape index (κ1) is 51.9. The third-order valence-electron chi connectivity index (χ3n) is 11.9. The number of unbranched alkanes of at least 4 members (excludes halogenated alkanes) is 38. The van der Waals surface area contributed by atoms with Crippen molar-refractivity contribution in [2.24, 2.45) is 0 Å². The van der Waals surface area contributed by atoms with Crippen LogP contribution in [0.15, 0.2) is 28.0 Å². The van der Waals surface area contributed by atoms with Gasteiger partial charge in [-0.05, 0) is 54.5 Å². The van der Waals surface area contributed by atoms with Gasteiger partial charge in [-0.1, -0.05) is 265 Å². The van der Waals surface area contributed by atoms with Crippen LogP contribution in [0.5, 0.6) is 0 Å². The fraction of sp³-hybridized carbons (Fsp3) is 0.885. The topological polar surface area (TPSA) is 0 Å². The predicted molar refractivity (Wildman–Crippen MR) is 253 cm³/mol. The second-order valence-corrected chi connectivity index (χ2v) is 19.6. The Morgan fingerprint density at radius 2 is 0.463 bits per heavy atom. The minimum Gasteiger partial charge on any atom is -0.126 e. The molecule has 0 heterocycles. The molecule has 0 radical (unpaired) electrons. The number of thioether (sulfide) groups is 2. The zero-order chi connectivity index (χ0) is 38.7. The number of aryl methyl sites for hydroxylation is 1. The molecule has 2 heteroatoms. The van der Waals surface area contributed by atoms with Crippen molar-refractivity contribution in [2.45, 2.75) is 294 Å². The van der Waals surface area contributed by atoms with Crippen molar-refractivity contribution in [3.8, 4) is 0 Å². The summed E-state index contributed by atoms with van der Waals surface area (Å²) in [6.07, 6.45) is 59.5. The molecule has 1 aromatic carbocycles. The highest BCUT2D eigenvalue weighted by Crippen LogP contribution is 2.29. The normalized spacial score (nSPS) is 11.6. The molecule has 0 aliphatic heterocycles. The molecule has 0 fully saturated rings. The Morgan fingerprint density at radius 1 is 0.259 bits per heavy atom. The molecule has 0 saturated heterocycles. The van der Waals surface area contributed by atoms with E-state index in [1.807, 2.05) is 0 Å². The Morgan fingerprint density at radius 3 is 0.667 bits per heavy atom. The first-order valence-corrected chi connectivity index (χ1v) is 27.2. The van der Waals surface area contributed by atoms with Crippen molar-refractivity contribution in [1.82, 2.24) is 0 Å². The van der Waals surface area contributed by atoms with Crippen molar-refractivity contribution in [3.63, 3.8) is 0 Å². The first-order chi connectivity index (χ1) is 26.8. The van der Waals surface area contributed by atoms with Crippen LogP contribution in [0.3, 0.4) is 0 Å². The Bertz CT molecular complexity index is 785. The average Bonchev–Trinajstić information content (AvgIpc) is 3.19. The van der Waals surface area contributed by atoms with E-state index in [2.05, 4.69) is 62.5 Å². The standard InChI is InChI=1S/C52H98S2/c1-4-7-9-11-13-15-17-19-21-23-25-27-29-31-33-35-37-39-41-43-45-53-51-47-50(6-3)48-52(49-51)54-46-44-42-40-38-36-34-32-30-28-26-24-22-20-18-16-14-12-10-8-5-2/h47-49H,4-46H2,1-3H3. The molecule has 0 spiro atoms. The van der Waals surface area contributed by atoms with Gasteiger partial charge in [0.05, 0.1) is 0 Å². The van der Waals surface area contributed by atoms with Crippen molar-refractivity contribution in [2.75, 3.05) is 11.5 Å². The van der Waals surface area contributed by atoms with Crippen LogP contribution < -0.4 is 0 Å². The second-order valence-electron chi connectivity index (χ2n) is 17.3. The van der Waals surface area contributed by atoms with Crippen LogP contribution in [0, 0.1) is 0 Å². The number of rotatable bonds is 45. The summed E-state index contributed by atoms with van der Waals surface area (Å²) in [7, 11) is 0. The zero-order valence-electron chi connectivity index (χ0n) is 37.5. The SMILES string of the molecule is CCCCCCCCCCCCCCCCCCCCCCSc1cc(CC)cc(SCCCCCCCCCCCCCCCCCCCCCC)c1. The molecule has 0 amide bonds. The molecule has 0 bridgehead atoms. The zero-order valence-corrected chi connectivity index (χ0v) is 39.1. The van der Waals surface area contributed by atoms with Crippen molar-refractivity contribution in [1.29, 1.82) is 0 Å². The smallest absolute Gasteiger partial charge is 0.00858 e. The van der Waals surface area contributed by atoms with E-state index in [-0.39, 0.29) is 0 Å². The van der Waals surface area contributed by atoms with Gasteiger partial charge in [-0.2, -0.15) is 0 Å². The van der Waals surface area contributed by atoms with Gasteiger partial charge in [0.15, 0.2) is 0 Å². The minimum atomic E-state index is 1.15. The van der Waals surface area contributed by atoms with Crippen LogP contribution in [0.2, 0.25) is 0 Å². The Balaban J connectivity index is 1.89. The molecule has 0 unspecified atom stereocenters. The van der Waals surface area contributed by atoms with Crippen LogP contribution in [-0.2, 0) is 6.42 Å². The molecule has 0 N–H and O–H groups in total. The summed E-state index contributed by atoms with van der Waals surface area (Å²) in [5.41, 5.74) is 1.52. The lowest BCUT2D eigenvalue weighted by Crippen LogP contribution is -1.88. The summed E-state index contributed by atoms with van der Waals surface area (Å²) in [5.74, 6) is 2.57. The summed E-state index contributed by atoms with van der Waals surface area (Å²) in [5, 5.41) is 0. The molecule has 1 aromatic rings. The van der Waals surface area contributed by atoms with E-state index in [1.165, 1.54) is 284 Å². The predicted octanol–water partition coefficient (Wildman–Crippen LogP) is 20.1. The lowest BCUT2D eigenvalue weighted by Gasteiger charge is -2.09. The van der Waals surface area contributed by atoms with Crippen molar-refractivity contribution >= 4 is 23.5 Å². The van der Waals surface area contributed by atoms with Gasteiger partial charge >= 0.3 is 0 Å². The number of hydrogen-bond donors (Lipinski definition) is 0. The summed E-state index contributed by atoms with van der Waals surface area (Å²) in [4.78, 5) is 3.02. The van der Waals surface area contributed by atoms with Gasteiger partial charge in [-0.25, -0.2) is 0 Å². The molecule has 0 aliphatic rings. The van der Waals surface area contributed by atoms with Gasteiger partial charge in [-0.15, -0.1) is 23.5 Å². The van der Waals surface area contributed by atoms with Gasteiger partial charge < -0.3 is 0 Å². The summed E-state index contributed by atoms with van der Waals surface area (Å²) >= 11 is 4.22. The molecule has 54 heavy (non-hydrogen) atoms. The van der Waals surface area contributed by atoms with Crippen LogP contribution in [0.1, 0.15) is 283 Å². The van der Waals surface area contributed by atoms with E-state index in [1.54, 1.807) is 0 Å². The lowest BCUT2D eigenvalue weighted by atomic mass is 10.0. The molecule has 0 aromatic heterocycles. The van der Waals surface area contributed by atoms with Crippen LogP contribution in [0.25, 0.3) is 0 Å². The van der Waals surface area contributed by atoms with Gasteiger partial charge in [-0.3, -0.25) is 0 Å². The van der Waals surface area contributed by atoms with Gasteiger partial charge in [0.2, 0.25) is 0 Å². The fourth-order valence-electron chi connectivity index (χ4n) is 8.10. The molecular weight excluding hydrogens is 689 g/mol. The molecule has 0 atom stereocenters. The minimum absolute atomic E-state index is 1.15. The van der Waals surface area contributed by atoms with Gasteiger partial charge in [0.1, 0.15) is 0 Å². The number of hydrogen-bond acceptors (Lipinski definition) is 2. The molecule has 0 aliphatic carbocycles. The maximum absolute atomic E-state index is 2.49.